The van der Waals surface area contributed by atoms with E-state index in [1.54, 1.807) is 0 Å². The molecule has 0 radical (unpaired) electrons. The molecule has 0 aliphatic heterocycles. The van der Waals surface area contributed by atoms with Crippen LogP contribution in [0.5, 0.6) is 0 Å². The highest BCUT2D eigenvalue weighted by atomic mass is 32.1. The van der Waals surface area contributed by atoms with E-state index in [1.807, 2.05) is 4.90 Å². The summed E-state index contributed by atoms with van der Waals surface area (Å²) in [6.07, 6.45) is 7.61. The van der Waals surface area contributed by atoms with Gasteiger partial charge in [-0.2, -0.15) is 0 Å². The minimum atomic E-state index is -0.450. The van der Waals surface area contributed by atoms with Crippen molar-refractivity contribution in [1.82, 2.24) is 0 Å². The average molecular weight is 278 g/mol. The molecule has 1 aliphatic carbocycles. The molecule has 1 aliphatic rings. The molecular formula is C13H14N2O3S. The second-order valence-corrected chi connectivity index (χ2v) is 5.67. The zero-order valence-corrected chi connectivity index (χ0v) is 11.4. The number of ketones is 1. The minimum Gasteiger partial charge on any atom is -0.346 e. The van der Waals surface area contributed by atoms with E-state index in [1.165, 1.54) is 13.0 Å². The normalized spacial score (nSPS) is 13.9. The molecule has 1 aromatic heterocycles. The van der Waals surface area contributed by atoms with Crippen molar-refractivity contribution in [2.24, 2.45) is 5.92 Å². The van der Waals surface area contributed by atoms with Crippen molar-refractivity contribution in [2.45, 2.75) is 19.8 Å². The van der Waals surface area contributed by atoms with E-state index in [0.717, 1.165) is 30.7 Å². The van der Waals surface area contributed by atoms with Gasteiger partial charge in [0.25, 0.3) is 0 Å². The first-order valence-corrected chi connectivity index (χ1v) is 6.82. The van der Waals surface area contributed by atoms with Crippen LogP contribution in [0, 0.1) is 28.4 Å². The third-order valence-corrected chi connectivity index (χ3v) is 4.27. The van der Waals surface area contributed by atoms with E-state index >= 15 is 0 Å². The van der Waals surface area contributed by atoms with Gasteiger partial charge in [0.2, 0.25) is 0 Å². The Bertz CT molecular complexity index is 555. The first-order valence-electron chi connectivity index (χ1n) is 6.00. The van der Waals surface area contributed by atoms with Gasteiger partial charge in [-0.1, -0.05) is 5.92 Å². The van der Waals surface area contributed by atoms with Crippen LogP contribution in [0.25, 0.3) is 0 Å². The fourth-order valence-corrected chi connectivity index (χ4v) is 2.87. The lowest BCUT2D eigenvalue weighted by Crippen LogP contribution is -2.25. The first-order chi connectivity index (χ1) is 9.02. The van der Waals surface area contributed by atoms with Crippen LogP contribution in [-0.4, -0.2) is 23.8 Å². The number of Topliss-reactive ketones (excluding diaryl/α,β-unsaturated/α-hetero) is 1. The number of anilines is 1. The van der Waals surface area contributed by atoms with E-state index in [0.29, 0.717) is 22.3 Å². The molecule has 0 atom stereocenters. The van der Waals surface area contributed by atoms with Gasteiger partial charge in [-0.3, -0.25) is 14.9 Å². The van der Waals surface area contributed by atoms with Gasteiger partial charge in [0.1, 0.15) is 0 Å². The topological polar surface area (TPSA) is 63.5 Å². The smallest absolute Gasteiger partial charge is 0.304 e. The molecule has 6 heteroatoms. The van der Waals surface area contributed by atoms with Crippen LogP contribution in [0.3, 0.4) is 0 Å². The summed E-state index contributed by atoms with van der Waals surface area (Å²) in [7, 11) is 0. The highest BCUT2D eigenvalue weighted by Gasteiger charge is 2.30. The second kappa shape index (κ2) is 5.41. The third kappa shape index (κ3) is 3.12. The van der Waals surface area contributed by atoms with E-state index in [-0.39, 0.29) is 11.5 Å². The Labute approximate surface area is 115 Å². The van der Waals surface area contributed by atoms with Crippen molar-refractivity contribution < 1.29 is 9.72 Å². The maximum atomic E-state index is 11.4. The van der Waals surface area contributed by atoms with E-state index in [9.17, 15) is 14.9 Å². The monoisotopic (exact) mass is 278 g/mol. The fraction of sp³-hybridized carbons (Fsp3) is 0.462. The zero-order chi connectivity index (χ0) is 14.0. The van der Waals surface area contributed by atoms with Crippen molar-refractivity contribution in [3.05, 3.63) is 21.1 Å². The van der Waals surface area contributed by atoms with Crippen LogP contribution < -0.4 is 4.90 Å². The fourth-order valence-electron chi connectivity index (χ4n) is 1.84. The maximum absolute atomic E-state index is 11.4. The van der Waals surface area contributed by atoms with Gasteiger partial charge in [0.15, 0.2) is 10.8 Å². The molecule has 1 aromatic rings. The summed E-state index contributed by atoms with van der Waals surface area (Å²) >= 11 is 1.15. The summed E-state index contributed by atoms with van der Waals surface area (Å²) in [4.78, 5) is 24.3. The molecule has 0 saturated heterocycles. The van der Waals surface area contributed by atoms with Crippen molar-refractivity contribution in [2.75, 3.05) is 18.0 Å². The highest BCUT2D eigenvalue weighted by Crippen LogP contribution is 2.40. The van der Waals surface area contributed by atoms with Crippen LogP contribution in [0.4, 0.5) is 10.7 Å². The molecule has 0 N–H and O–H groups in total. The summed E-state index contributed by atoms with van der Waals surface area (Å²) in [5.41, 5.74) is -0.0221. The third-order valence-electron chi connectivity index (χ3n) is 2.98. The predicted octanol–water partition coefficient (Wildman–Crippen LogP) is 2.71. The van der Waals surface area contributed by atoms with Gasteiger partial charge in [-0.25, -0.2) is 0 Å². The molecule has 5 nitrogen and oxygen atoms in total. The molecule has 0 aromatic carbocycles. The Balaban J connectivity index is 2.35. The Morgan fingerprint density at radius 3 is 2.84 bits per heavy atom. The van der Waals surface area contributed by atoms with Crippen molar-refractivity contribution in [1.29, 1.82) is 0 Å². The molecule has 0 spiro atoms. The number of carbonyl (C=O) groups excluding carboxylic acids is 1. The van der Waals surface area contributed by atoms with Gasteiger partial charge in [0.05, 0.1) is 16.3 Å². The Morgan fingerprint density at radius 2 is 2.37 bits per heavy atom. The lowest BCUT2D eigenvalue weighted by Gasteiger charge is -2.19. The van der Waals surface area contributed by atoms with Crippen LogP contribution in [0.2, 0.25) is 0 Å². The molecule has 19 heavy (non-hydrogen) atoms. The number of hydrogen-bond donors (Lipinski definition) is 0. The standard InChI is InChI=1S/C13H14N2O3S/c1-3-6-14(8-10-4-5-10)13-11(15(17)18)7-12(19-13)9(2)16/h1,7,10H,4-6,8H2,2H3. The number of nitrogens with zero attached hydrogens (tertiary/aromatic N) is 2. The summed E-state index contributed by atoms with van der Waals surface area (Å²) in [6, 6.07) is 1.35. The molecule has 100 valence electrons. The minimum absolute atomic E-state index is 0.0221. The van der Waals surface area contributed by atoms with E-state index in [4.69, 9.17) is 6.42 Å². The molecule has 2 rings (SSSR count). The Morgan fingerprint density at radius 1 is 1.68 bits per heavy atom. The molecule has 1 fully saturated rings. The highest BCUT2D eigenvalue weighted by molar-refractivity contribution is 7.18. The van der Waals surface area contributed by atoms with E-state index in [2.05, 4.69) is 5.92 Å². The summed E-state index contributed by atoms with van der Waals surface area (Å²) in [5, 5.41) is 11.6. The number of hydrogen-bond acceptors (Lipinski definition) is 5. The zero-order valence-electron chi connectivity index (χ0n) is 10.6. The van der Waals surface area contributed by atoms with Crippen LogP contribution in [-0.2, 0) is 0 Å². The number of carbonyl (C=O) groups is 1. The van der Waals surface area contributed by atoms with E-state index < -0.39 is 4.92 Å². The SMILES string of the molecule is C#CCN(CC1CC1)c1sc(C(C)=O)cc1[N+](=O)[O-]. The predicted molar refractivity (Wildman–Crippen MR) is 74.7 cm³/mol. The number of rotatable bonds is 6. The second-order valence-electron chi connectivity index (χ2n) is 4.64. The van der Waals surface area contributed by atoms with Gasteiger partial charge < -0.3 is 4.90 Å². The molecular weight excluding hydrogens is 264 g/mol. The molecule has 0 bridgehead atoms. The van der Waals surface area contributed by atoms with Crippen LogP contribution in [0.15, 0.2) is 6.07 Å². The Kier molecular flexibility index (Phi) is 3.86. The van der Waals surface area contributed by atoms with Gasteiger partial charge in [0, 0.05) is 12.6 Å². The summed E-state index contributed by atoms with van der Waals surface area (Å²) in [5.74, 6) is 2.93. The number of terminal acetylenes is 1. The molecule has 1 saturated carbocycles. The van der Waals surface area contributed by atoms with Crippen molar-refractivity contribution in [3.63, 3.8) is 0 Å². The number of nitro groups is 1. The van der Waals surface area contributed by atoms with Crippen molar-refractivity contribution in [3.8, 4) is 12.3 Å². The maximum Gasteiger partial charge on any atom is 0.304 e. The van der Waals surface area contributed by atoms with Gasteiger partial charge >= 0.3 is 5.69 Å². The molecule has 0 unspecified atom stereocenters. The summed E-state index contributed by atoms with van der Waals surface area (Å²) in [6.45, 7) is 2.46. The first kappa shape index (κ1) is 13.6. The average Bonchev–Trinajstić information content (AvgIpc) is 3.04. The largest absolute Gasteiger partial charge is 0.346 e. The lowest BCUT2D eigenvalue weighted by atomic mass is 10.3. The van der Waals surface area contributed by atoms with Crippen LogP contribution in [0.1, 0.15) is 29.4 Å². The van der Waals surface area contributed by atoms with Crippen molar-refractivity contribution >= 4 is 27.8 Å². The summed E-state index contributed by atoms with van der Waals surface area (Å²) < 4.78 is 0. The lowest BCUT2D eigenvalue weighted by molar-refractivity contribution is -0.383. The number of thiophene rings is 1. The molecule has 0 amide bonds. The van der Waals surface area contributed by atoms with Gasteiger partial charge in [-0.15, -0.1) is 17.8 Å². The molecule has 1 heterocycles. The quantitative estimate of drug-likeness (QED) is 0.347. The van der Waals surface area contributed by atoms with Crippen LogP contribution >= 0.6 is 11.3 Å². The Hall–Kier alpha value is -1.87. The van der Waals surface area contributed by atoms with Gasteiger partial charge in [-0.05, 0) is 25.7 Å².